The molecule has 124 valence electrons. The van der Waals surface area contributed by atoms with Crippen molar-refractivity contribution in [1.29, 1.82) is 0 Å². The van der Waals surface area contributed by atoms with Crippen LogP contribution in [-0.2, 0) is 6.42 Å². The van der Waals surface area contributed by atoms with Gasteiger partial charge in [-0.15, -0.1) is 0 Å². The van der Waals surface area contributed by atoms with E-state index in [-0.39, 0.29) is 0 Å². The van der Waals surface area contributed by atoms with Gasteiger partial charge in [-0.1, -0.05) is 0 Å². The van der Waals surface area contributed by atoms with Crippen LogP contribution in [0.1, 0.15) is 91.2 Å². The molecule has 0 spiro atoms. The summed E-state index contributed by atoms with van der Waals surface area (Å²) in [4.78, 5) is 9.37. The maximum atomic E-state index is 4.91. The third-order valence-electron chi connectivity index (χ3n) is 4.47. The Labute approximate surface area is 148 Å². The van der Waals surface area contributed by atoms with Crippen LogP contribution in [0.2, 0.25) is 3.43 Å². The Balaban J connectivity index is 2.92. The summed E-state index contributed by atoms with van der Waals surface area (Å²) < 4.78 is 2.00. The summed E-state index contributed by atoms with van der Waals surface area (Å²) in [5.74, 6) is 0. The first-order valence-electron chi connectivity index (χ1n) is 9.28. The average molecular weight is 409 g/mol. The van der Waals surface area contributed by atoms with Crippen molar-refractivity contribution < 1.29 is 0 Å². The zero-order valence-corrected chi connectivity index (χ0v) is 18.0. The number of rotatable bonds is 12. The van der Waals surface area contributed by atoms with E-state index in [1.165, 1.54) is 67.2 Å². The summed E-state index contributed by atoms with van der Waals surface area (Å²) in [6.45, 7) is 9.16. The Morgan fingerprint density at radius 1 is 0.864 bits per heavy atom. The van der Waals surface area contributed by atoms with E-state index in [2.05, 4.69) is 38.9 Å². The number of aromatic nitrogens is 2. The molecule has 0 aliphatic rings. The fourth-order valence-corrected chi connectivity index (χ4v) is 8.12. The van der Waals surface area contributed by atoms with Crippen molar-refractivity contribution in [2.45, 2.75) is 95.3 Å². The summed E-state index contributed by atoms with van der Waals surface area (Å²) in [7, 11) is 0. The number of hydrogen-bond donors (Lipinski definition) is 0. The molecule has 1 rings (SSSR count). The van der Waals surface area contributed by atoms with Gasteiger partial charge >= 0.3 is 148 Å². The van der Waals surface area contributed by atoms with Crippen LogP contribution in [-0.4, -0.2) is 31.1 Å². The van der Waals surface area contributed by atoms with Crippen LogP contribution < -0.4 is 3.71 Å². The van der Waals surface area contributed by atoms with Crippen LogP contribution >= 0.6 is 0 Å². The number of aryl methyl sites for hydroxylation is 1. The molecule has 0 N–H and O–H groups in total. The van der Waals surface area contributed by atoms with E-state index in [1.807, 2.05) is 6.20 Å². The quantitative estimate of drug-likeness (QED) is 0.449. The van der Waals surface area contributed by atoms with Crippen LogP contribution in [0, 0.1) is 0 Å². The van der Waals surface area contributed by atoms with Crippen molar-refractivity contribution in [3.05, 3.63) is 18.1 Å². The van der Waals surface area contributed by atoms with Gasteiger partial charge in [-0.3, -0.25) is 0 Å². The Bertz CT molecular complexity index is 384. The Morgan fingerprint density at radius 2 is 1.41 bits per heavy atom. The molecule has 0 aromatic carbocycles. The van der Waals surface area contributed by atoms with Gasteiger partial charge in [0.2, 0.25) is 0 Å². The molecule has 0 fully saturated rings. The number of unbranched alkanes of at least 4 members (excludes halogenated alkanes) is 3. The molecule has 0 saturated heterocycles. The van der Waals surface area contributed by atoms with E-state index >= 15 is 0 Å². The van der Waals surface area contributed by atoms with Crippen LogP contribution in [0.5, 0.6) is 0 Å². The summed E-state index contributed by atoms with van der Waals surface area (Å²) in [5.41, 5.74) is 1.17. The van der Waals surface area contributed by atoms with E-state index in [4.69, 9.17) is 4.98 Å². The van der Waals surface area contributed by atoms with Gasteiger partial charge in [0.05, 0.1) is 0 Å². The van der Waals surface area contributed by atoms with Crippen LogP contribution in [0.15, 0.2) is 12.4 Å². The van der Waals surface area contributed by atoms with Crippen molar-refractivity contribution >= 4 is 24.9 Å². The summed E-state index contributed by atoms with van der Waals surface area (Å²) in [5, 5.41) is 0. The second-order valence-electron chi connectivity index (χ2n) is 6.47. The zero-order valence-electron chi connectivity index (χ0n) is 15.1. The van der Waals surface area contributed by atoms with Gasteiger partial charge in [0.25, 0.3) is 0 Å². The van der Waals surface area contributed by atoms with E-state index in [1.54, 1.807) is 0 Å². The first kappa shape index (κ1) is 19.9. The molecule has 0 aliphatic carbocycles. The average Bonchev–Trinajstić information content (AvgIpc) is 2.56. The van der Waals surface area contributed by atoms with Gasteiger partial charge in [-0.25, -0.2) is 0 Å². The van der Waals surface area contributed by atoms with E-state index in [0.717, 1.165) is 6.42 Å². The molecule has 1 aromatic heterocycles. The molecular formula is C19H34N2Sn. The molecule has 0 bridgehead atoms. The number of nitrogens with zero attached hydrogens (tertiary/aromatic N) is 2. The SMILES string of the molecule is CCCC[C](CCCC)(CCCC)[Sn][c]1cncc(CC)n1. The van der Waals surface area contributed by atoms with Crippen molar-refractivity contribution in [1.82, 2.24) is 9.97 Å². The predicted octanol–water partition coefficient (Wildman–Crippen LogP) is 5.10. The van der Waals surface area contributed by atoms with Crippen LogP contribution in [0.25, 0.3) is 0 Å². The van der Waals surface area contributed by atoms with Gasteiger partial charge in [-0.2, -0.15) is 0 Å². The molecule has 0 amide bonds. The first-order valence-corrected chi connectivity index (χ1v) is 12.1. The molecule has 2 radical (unpaired) electrons. The van der Waals surface area contributed by atoms with E-state index in [9.17, 15) is 0 Å². The molecule has 1 aromatic rings. The Morgan fingerprint density at radius 3 is 1.86 bits per heavy atom. The second-order valence-corrected chi connectivity index (χ2v) is 11.7. The van der Waals surface area contributed by atoms with E-state index in [0.29, 0.717) is 3.43 Å². The molecular weight excluding hydrogens is 375 g/mol. The summed E-state index contributed by atoms with van der Waals surface area (Å²) in [6.07, 6.45) is 17.4. The van der Waals surface area contributed by atoms with Crippen molar-refractivity contribution in [3.63, 3.8) is 0 Å². The van der Waals surface area contributed by atoms with Crippen molar-refractivity contribution in [3.8, 4) is 0 Å². The molecule has 0 unspecified atom stereocenters. The fraction of sp³-hybridized carbons (Fsp3) is 0.789. The van der Waals surface area contributed by atoms with Gasteiger partial charge in [-0.05, 0) is 0 Å². The zero-order chi connectivity index (χ0) is 16.3. The van der Waals surface area contributed by atoms with Gasteiger partial charge in [0.1, 0.15) is 0 Å². The normalized spacial score (nSPS) is 11.8. The van der Waals surface area contributed by atoms with Crippen LogP contribution in [0.3, 0.4) is 0 Å². The predicted molar refractivity (Wildman–Crippen MR) is 98.1 cm³/mol. The third kappa shape index (κ3) is 6.97. The van der Waals surface area contributed by atoms with Gasteiger partial charge in [0.15, 0.2) is 0 Å². The maximum absolute atomic E-state index is 4.91. The molecule has 3 heteroatoms. The minimum absolute atomic E-state index is 0.617. The summed E-state index contributed by atoms with van der Waals surface area (Å²) in [6, 6.07) is 0. The van der Waals surface area contributed by atoms with Crippen molar-refractivity contribution in [2.75, 3.05) is 0 Å². The summed E-state index contributed by atoms with van der Waals surface area (Å²) >= 11 is -0.703. The number of hydrogen-bond acceptors (Lipinski definition) is 2. The first-order chi connectivity index (χ1) is 10.7. The fourth-order valence-electron chi connectivity index (χ4n) is 3.02. The molecule has 0 atom stereocenters. The third-order valence-corrected chi connectivity index (χ3v) is 9.54. The molecule has 0 aliphatic heterocycles. The van der Waals surface area contributed by atoms with E-state index < -0.39 is 21.1 Å². The molecule has 0 saturated carbocycles. The van der Waals surface area contributed by atoms with Gasteiger partial charge < -0.3 is 0 Å². The Hall–Kier alpha value is -0.121. The molecule has 1 heterocycles. The minimum atomic E-state index is -0.703. The molecule has 2 nitrogen and oxygen atoms in total. The van der Waals surface area contributed by atoms with Crippen molar-refractivity contribution in [2.24, 2.45) is 0 Å². The molecule has 22 heavy (non-hydrogen) atoms. The van der Waals surface area contributed by atoms with Crippen LogP contribution in [0.4, 0.5) is 0 Å². The van der Waals surface area contributed by atoms with Gasteiger partial charge in [0, 0.05) is 0 Å². The Kier molecular flexibility index (Phi) is 10.3. The second kappa shape index (κ2) is 11.4. The monoisotopic (exact) mass is 410 g/mol. The topological polar surface area (TPSA) is 25.8 Å². The standard InChI is InChI=1S/C13H27.C6H7N2.Sn/c1-4-7-10-13(11-8-5-2)12-9-6-3;1-2-6-5-7-3-4-8-6;/h4-12H2,1-3H3;3,5H,2H2,1H3;.